The molecule has 0 saturated carbocycles. The van der Waals surface area contributed by atoms with Crippen LogP contribution in [0.1, 0.15) is 11.5 Å². The Morgan fingerprint density at radius 3 is 2.68 bits per heavy atom. The number of carbonyl (C=O) groups is 1. The number of carboxylic acids is 1. The van der Waals surface area contributed by atoms with Crippen molar-refractivity contribution in [2.75, 3.05) is 5.75 Å². The number of nitrogens with zero attached hydrogens (tertiary/aromatic N) is 1. The number of aromatic nitrogens is 1. The van der Waals surface area contributed by atoms with Crippen molar-refractivity contribution in [2.45, 2.75) is 12.7 Å². The first-order valence-electron chi connectivity index (χ1n) is 5.65. The van der Waals surface area contributed by atoms with Crippen LogP contribution in [-0.2, 0) is 21.3 Å². The van der Waals surface area contributed by atoms with Gasteiger partial charge in [0.2, 0.25) is 5.89 Å². The third-order valence-corrected chi connectivity index (χ3v) is 3.66. The number of aryl methyl sites for hydroxylation is 1. The predicted octanol–water partition coefficient (Wildman–Crippen LogP) is 1.98. The summed E-state index contributed by atoms with van der Waals surface area (Å²) in [7, 11) is -1.48. The van der Waals surface area contributed by atoms with Crippen LogP contribution >= 0.6 is 0 Å². The largest absolute Gasteiger partial charge is 0.481 e. The van der Waals surface area contributed by atoms with Crippen LogP contribution in [0, 0.1) is 6.92 Å². The van der Waals surface area contributed by atoms with Crippen molar-refractivity contribution in [3.05, 3.63) is 41.8 Å². The van der Waals surface area contributed by atoms with Gasteiger partial charge in [-0.3, -0.25) is 9.00 Å². The third-order valence-electron chi connectivity index (χ3n) is 2.50. The van der Waals surface area contributed by atoms with Crippen LogP contribution in [-0.4, -0.2) is 26.0 Å². The van der Waals surface area contributed by atoms with Gasteiger partial charge >= 0.3 is 5.97 Å². The molecule has 0 aliphatic heterocycles. The van der Waals surface area contributed by atoms with E-state index in [1.165, 1.54) is 0 Å². The SMILES string of the molecule is Cc1oc(-c2ccccc2)nc1CS(=O)CC(=O)O. The first-order chi connectivity index (χ1) is 9.06. The molecular weight excluding hydrogens is 266 g/mol. The Morgan fingerprint density at radius 2 is 2.05 bits per heavy atom. The summed E-state index contributed by atoms with van der Waals surface area (Å²) in [6, 6.07) is 9.36. The van der Waals surface area contributed by atoms with Gasteiger partial charge in [0.1, 0.15) is 11.5 Å². The zero-order valence-corrected chi connectivity index (χ0v) is 11.1. The summed E-state index contributed by atoms with van der Waals surface area (Å²) in [5.41, 5.74) is 1.37. The molecule has 0 aliphatic rings. The molecule has 19 heavy (non-hydrogen) atoms. The summed E-state index contributed by atoms with van der Waals surface area (Å²) < 4.78 is 17.1. The lowest BCUT2D eigenvalue weighted by atomic mass is 10.2. The quantitative estimate of drug-likeness (QED) is 0.905. The molecule has 1 aromatic heterocycles. The summed E-state index contributed by atoms with van der Waals surface area (Å²) in [4.78, 5) is 14.7. The highest BCUT2D eigenvalue weighted by Crippen LogP contribution is 2.22. The summed E-state index contributed by atoms with van der Waals surface area (Å²) in [5, 5.41) is 8.58. The summed E-state index contributed by atoms with van der Waals surface area (Å²) >= 11 is 0. The van der Waals surface area contributed by atoms with Crippen LogP contribution in [0.5, 0.6) is 0 Å². The maximum absolute atomic E-state index is 11.6. The van der Waals surface area contributed by atoms with E-state index in [9.17, 15) is 9.00 Å². The Kier molecular flexibility index (Phi) is 4.11. The summed E-state index contributed by atoms with van der Waals surface area (Å²) in [5.74, 6) is -0.345. The van der Waals surface area contributed by atoms with Crippen LogP contribution in [0.2, 0.25) is 0 Å². The molecule has 100 valence electrons. The van der Waals surface area contributed by atoms with Gasteiger partial charge in [-0.15, -0.1) is 0 Å². The van der Waals surface area contributed by atoms with E-state index in [-0.39, 0.29) is 11.5 Å². The number of aliphatic carboxylic acids is 1. The molecule has 5 nitrogen and oxygen atoms in total. The van der Waals surface area contributed by atoms with E-state index in [2.05, 4.69) is 4.98 Å². The molecule has 1 unspecified atom stereocenters. The lowest BCUT2D eigenvalue weighted by Gasteiger charge is -1.95. The second-order valence-electron chi connectivity index (χ2n) is 4.01. The van der Waals surface area contributed by atoms with Gasteiger partial charge in [-0.1, -0.05) is 18.2 Å². The molecule has 2 aromatic rings. The topological polar surface area (TPSA) is 80.4 Å². The lowest BCUT2D eigenvalue weighted by Crippen LogP contribution is -2.11. The van der Waals surface area contributed by atoms with Crippen LogP contribution < -0.4 is 0 Å². The van der Waals surface area contributed by atoms with Gasteiger partial charge in [0.25, 0.3) is 0 Å². The van der Waals surface area contributed by atoms with Crippen LogP contribution in [0.4, 0.5) is 0 Å². The van der Waals surface area contributed by atoms with Crippen molar-refractivity contribution in [3.8, 4) is 11.5 Å². The fourth-order valence-corrected chi connectivity index (χ4v) is 2.56. The van der Waals surface area contributed by atoms with Crippen molar-refractivity contribution in [2.24, 2.45) is 0 Å². The maximum Gasteiger partial charge on any atom is 0.316 e. The Bertz CT molecular complexity index is 606. The average molecular weight is 279 g/mol. The van der Waals surface area contributed by atoms with E-state index in [1.54, 1.807) is 6.92 Å². The van der Waals surface area contributed by atoms with Crippen molar-refractivity contribution < 1.29 is 18.5 Å². The van der Waals surface area contributed by atoms with Gasteiger partial charge in [0, 0.05) is 16.4 Å². The molecule has 0 bridgehead atoms. The second kappa shape index (κ2) is 5.79. The molecule has 1 atom stereocenters. The van der Waals surface area contributed by atoms with Crippen LogP contribution in [0.15, 0.2) is 34.7 Å². The zero-order valence-electron chi connectivity index (χ0n) is 10.3. The highest BCUT2D eigenvalue weighted by molar-refractivity contribution is 7.84. The molecule has 0 radical (unpaired) electrons. The molecule has 1 N–H and O–H groups in total. The summed E-state index contributed by atoms with van der Waals surface area (Å²) in [6.07, 6.45) is 0. The molecule has 0 aliphatic carbocycles. The van der Waals surface area contributed by atoms with Crippen LogP contribution in [0.25, 0.3) is 11.5 Å². The van der Waals surface area contributed by atoms with E-state index < -0.39 is 16.8 Å². The predicted molar refractivity (Wildman–Crippen MR) is 71.0 cm³/mol. The number of hydrogen-bond donors (Lipinski definition) is 1. The minimum atomic E-state index is -1.48. The first kappa shape index (κ1) is 13.5. The molecule has 0 amide bonds. The minimum absolute atomic E-state index is 0.0917. The fraction of sp³-hybridized carbons (Fsp3) is 0.231. The van der Waals surface area contributed by atoms with Crippen molar-refractivity contribution in [1.82, 2.24) is 4.98 Å². The Hall–Kier alpha value is -1.95. The van der Waals surface area contributed by atoms with Gasteiger partial charge < -0.3 is 9.52 Å². The number of carboxylic acid groups (broad SMARTS) is 1. The van der Waals surface area contributed by atoms with E-state index >= 15 is 0 Å². The van der Waals surface area contributed by atoms with Crippen molar-refractivity contribution in [3.63, 3.8) is 0 Å². The van der Waals surface area contributed by atoms with E-state index in [0.717, 1.165) is 5.56 Å². The third kappa shape index (κ3) is 3.51. The molecule has 0 fully saturated rings. The smallest absolute Gasteiger partial charge is 0.316 e. The van der Waals surface area contributed by atoms with E-state index in [1.807, 2.05) is 30.3 Å². The fourth-order valence-electron chi connectivity index (χ4n) is 1.61. The molecule has 1 heterocycles. The number of hydrogen-bond acceptors (Lipinski definition) is 4. The number of rotatable bonds is 5. The first-order valence-corrected chi connectivity index (χ1v) is 7.13. The lowest BCUT2D eigenvalue weighted by molar-refractivity contribution is -0.133. The second-order valence-corrected chi connectivity index (χ2v) is 5.47. The molecule has 0 saturated heterocycles. The van der Waals surface area contributed by atoms with Gasteiger partial charge in [0.15, 0.2) is 0 Å². The van der Waals surface area contributed by atoms with Gasteiger partial charge in [-0.05, 0) is 19.1 Å². The van der Waals surface area contributed by atoms with Gasteiger partial charge in [-0.25, -0.2) is 4.98 Å². The van der Waals surface area contributed by atoms with Gasteiger partial charge in [-0.2, -0.15) is 0 Å². The summed E-state index contributed by atoms with van der Waals surface area (Å²) in [6.45, 7) is 1.73. The number of oxazole rings is 1. The standard InChI is InChI=1S/C13H13NO4S/c1-9-11(7-19(17)8-12(15)16)14-13(18-9)10-5-3-2-4-6-10/h2-6H,7-8H2,1H3,(H,15,16). The van der Waals surface area contributed by atoms with Gasteiger partial charge in [0.05, 0.1) is 11.4 Å². The maximum atomic E-state index is 11.6. The highest BCUT2D eigenvalue weighted by atomic mass is 32.2. The van der Waals surface area contributed by atoms with Crippen LogP contribution in [0.3, 0.4) is 0 Å². The number of benzene rings is 1. The Balaban J connectivity index is 2.18. The van der Waals surface area contributed by atoms with Crippen molar-refractivity contribution in [1.29, 1.82) is 0 Å². The van der Waals surface area contributed by atoms with E-state index in [4.69, 9.17) is 9.52 Å². The average Bonchev–Trinajstić information content (AvgIpc) is 2.71. The zero-order chi connectivity index (χ0) is 13.8. The Morgan fingerprint density at radius 1 is 1.37 bits per heavy atom. The Labute approximate surface area is 112 Å². The van der Waals surface area contributed by atoms with Crippen molar-refractivity contribution >= 4 is 16.8 Å². The normalized spacial score (nSPS) is 12.3. The monoisotopic (exact) mass is 279 g/mol. The molecule has 2 rings (SSSR count). The minimum Gasteiger partial charge on any atom is -0.481 e. The molecule has 0 spiro atoms. The highest BCUT2D eigenvalue weighted by Gasteiger charge is 2.15. The van der Waals surface area contributed by atoms with E-state index in [0.29, 0.717) is 17.3 Å². The molecular formula is C13H13NO4S. The molecule has 1 aromatic carbocycles. The molecule has 6 heteroatoms.